The van der Waals surface area contributed by atoms with Gasteiger partial charge in [-0.3, -0.25) is 4.79 Å². The van der Waals surface area contributed by atoms with Gasteiger partial charge in [0.05, 0.1) is 28.6 Å². The summed E-state index contributed by atoms with van der Waals surface area (Å²) in [5.74, 6) is 0.371. The van der Waals surface area contributed by atoms with Crippen molar-refractivity contribution < 1.29 is 13.2 Å². The number of carbonyl (C=O) groups excluding carboxylic acids is 1. The van der Waals surface area contributed by atoms with Gasteiger partial charge in [-0.15, -0.1) is 0 Å². The van der Waals surface area contributed by atoms with Crippen LogP contribution in [0.15, 0.2) is 65.8 Å². The minimum atomic E-state index is -3.03. The van der Waals surface area contributed by atoms with Crippen molar-refractivity contribution in [1.82, 2.24) is 14.9 Å². The molecule has 1 saturated heterocycles. The summed E-state index contributed by atoms with van der Waals surface area (Å²) in [6.07, 6.45) is 0.518. The summed E-state index contributed by atoms with van der Waals surface area (Å²) in [5.41, 5.74) is 3.78. The van der Waals surface area contributed by atoms with E-state index in [1.54, 1.807) is 4.90 Å². The van der Waals surface area contributed by atoms with Crippen molar-refractivity contribution in [3.63, 3.8) is 0 Å². The lowest BCUT2D eigenvalue weighted by atomic mass is 10.1. The number of sulfone groups is 1. The number of rotatable bonds is 7. The second-order valence-corrected chi connectivity index (χ2v) is 10.7. The first-order chi connectivity index (χ1) is 15.0. The Kier molecular flexibility index (Phi) is 6.48. The molecule has 3 aromatic rings. The van der Waals surface area contributed by atoms with E-state index in [4.69, 9.17) is 4.98 Å². The normalized spacial score (nSPS) is 17.5. The number of carbonyl (C=O) groups is 1. The highest BCUT2D eigenvalue weighted by molar-refractivity contribution is 7.99. The molecule has 1 amide bonds. The van der Waals surface area contributed by atoms with Crippen molar-refractivity contribution in [2.75, 3.05) is 23.8 Å². The van der Waals surface area contributed by atoms with E-state index in [1.807, 2.05) is 67.6 Å². The minimum Gasteiger partial charge on any atom is -0.338 e. The Morgan fingerprint density at radius 2 is 1.74 bits per heavy atom. The van der Waals surface area contributed by atoms with E-state index in [2.05, 4.69) is 4.98 Å². The van der Waals surface area contributed by atoms with Crippen molar-refractivity contribution in [2.24, 2.45) is 0 Å². The molecule has 4 rings (SSSR count). The molecule has 162 valence electrons. The number of aromatic nitrogens is 2. The van der Waals surface area contributed by atoms with Crippen molar-refractivity contribution in [2.45, 2.75) is 24.5 Å². The Labute approximate surface area is 187 Å². The largest absolute Gasteiger partial charge is 0.338 e. The van der Waals surface area contributed by atoms with E-state index < -0.39 is 9.84 Å². The van der Waals surface area contributed by atoms with Crippen molar-refractivity contribution in [3.05, 3.63) is 60.7 Å². The van der Waals surface area contributed by atoms with E-state index in [1.165, 1.54) is 11.8 Å². The molecule has 1 aliphatic rings. The second-order valence-electron chi connectivity index (χ2n) is 7.52. The van der Waals surface area contributed by atoms with E-state index in [0.717, 1.165) is 22.5 Å². The van der Waals surface area contributed by atoms with Crippen LogP contribution < -0.4 is 0 Å². The third-order valence-electron chi connectivity index (χ3n) is 5.43. The molecule has 1 fully saturated rings. The summed E-state index contributed by atoms with van der Waals surface area (Å²) in [6, 6.07) is 19.7. The molecule has 1 atom stereocenters. The van der Waals surface area contributed by atoms with Crippen LogP contribution in [-0.2, 0) is 14.6 Å². The summed E-state index contributed by atoms with van der Waals surface area (Å²) < 4.78 is 23.6. The van der Waals surface area contributed by atoms with E-state index in [-0.39, 0.29) is 29.2 Å². The average Bonchev–Trinajstić information content (AvgIpc) is 3.37. The zero-order valence-corrected chi connectivity index (χ0v) is 19.0. The van der Waals surface area contributed by atoms with Crippen molar-refractivity contribution >= 4 is 27.5 Å². The maximum atomic E-state index is 12.8. The quantitative estimate of drug-likeness (QED) is 0.547. The Balaban J connectivity index is 1.54. The fourth-order valence-electron chi connectivity index (χ4n) is 3.91. The first-order valence-corrected chi connectivity index (χ1v) is 13.1. The standard InChI is InChI=1S/C23H25N3O3S2/c1-2-26(19-13-14-31(28,29)16-19)20(27)15-30-23-24-21(17-9-5-3-6-10-17)22(25-23)18-11-7-4-8-12-18/h3-12,19H,2,13-16H2,1H3,(H,24,25)/t19-/m1/s1. The van der Waals surface area contributed by atoms with Gasteiger partial charge in [-0.05, 0) is 13.3 Å². The average molecular weight is 456 g/mol. The number of hydrogen-bond donors (Lipinski definition) is 1. The predicted octanol–water partition coefficient (Wildman–Crippen LogP) is 3.87. The fourth-order valence-corrected chi connectivity index (χ4v) is 6.40. The third-order valence-corrected chi connectivity index (χ3v) is 8.04. The topological polar surface area (TPSA) is 83.1 Å². The zero-order chi connectivity index (χ0) is 21.8. The summed E-state index contributed by atoms with van der Waals surface area (Å²) >= 11 is 1.35. The molecule has 1 N–H and O–H groups in total. The zero-order valence-electron chi connectivity index (χ0n) is 17.3. The molecule has 0 radical (unpaired) electrons. The molecule has 0 bridgehead atoms. The SMILES string of the molecule is CCN(C(=O)CSc1nc(-c2ccccc2)c(-c2ccccc2)[nH]1)[C@@H]1CCS(=O)(=O)C1. The van der Waals surface area contributed by atoms with Crippen LogP contribution >= 0.6 is 11.8 Å². The number of benzene rings is 2. The van der Waals surface area contributed by atoms with Gasteiger partial charge < -0.3 is 9.88 Å². The van der Waals surface area contributed by atoms with E-state index in [9.17, 15) is 13.2 Å². The van der Waals surface area contributed by atoms with Crippen LogP contribution in [0.4, 0.5) is 0 Å². The molecule has 2 heterocycles. The van der Waals surface area contributed by atoms with E-state index in [0.29, 0.717) is 18.1 Å². The molecular weight excluding hydrogens is 430 g/mol. The summed E-state index contributed by atoms with van der Waals surface area (Å²) in [4.78, 5) is 22.7. The van der Waals surface area contributed by atoms with Crippen LogP contribution in [-0.4, -0.2) is 59.0 Å². The lowest BCUT2D eigenvalue weighted by Gasteiger charge is -2.26. The van der Waals surface area contributed by atoms with Gasteiger partial charge in [0.25, 0.3) is 0 Å². The number of hydrogen-bond acceptors (Lipinski definition) is 5. The molecule has 0 unspecified atom stereocenters. The summed E-state index contributed by atoms with van der Waals surface area (Å²) in [7, 11) is -3.03. The first kappa shape index (κ1) is 21.6. The van der Waals surface area contributed by atoms with Gasteiger partial charge in [-0.2, -0.15) is 0 Å². The van der Waals surface area contributed by atoms with Gasteiger partial charge >= 0.3 is 0 Å². The monoisotopic (exact) mass is 455 g/mol. The Bertz CT molecular complexity index is 1090. The van der Waals surface area contributed by atoms with Gasteiger partial charge in [0, 0.05) is 23.7 Å². The van der Waals surface area contributed by atoms with Crippen LogP contribution in [0.2, 0.25) is 0 Å². The lowest BCUT2D eigenvalue weighted by molar-refractivity contribution is -0.129. The van der Waals surface area contributed by atoms with Gasteiger partial charge in [0.2, 0.25) is 5.91 Å². The molecule has 1 aliphatic heterocycles. The number of imidazole rings is 1. The number of thioether (sulfide) groups is 1. The van der Waals surface area contributed by atoms with Gasteiger partial charge in [-0.25, -0.2) is 13.4 Å². The van der Waals surface area contributed by atoms with Gasteiger partial charge in [0.1, 0.15) is 0 Å². The molecular formula is C23H25N3O3S2. The molecule has 0 aliphatic carbocycles. The highest BCUT2D eigenvalue weighted by atomic mass is 32.2. The molecule has 0 spiro atoms. The molecule has 1 aromatic heterocycles. The maximum absolute atomic E-state index is 12.8. The van der Waals surface area contributed by atoms with Gasteiger partial charge in [-0.1, -0.05) is 72.4 Å². The summed E-state index contributed by atoms with van der Waals surface area (Å²) in [5, 5.41) is 0.668. The van der Waals surface area contributed by atoms with Crippen LogP contribution in [0, 0.1) is 0 Å². The van der Waals surface area contributed by atoms with Crippen LogP contribution in [0.5, 0.6) is 0 Å². The number of nitrogens with zero attached hydrogens (tertiary/aromatic N) is 2. The van der Waals surface area contributed by atoms with Crippen LogP contribution in [0.1, 0.15) is 13.3 Å². The van der Waals surface area contributed by atoms with Crippen molar-refractivity contribution in [3.8, 4) is 22.5 Å². The Morgan fingerprint density at radius 3 is 2.32 bits per heavy atom. The number of amides is 1. The predicted molar refractivity (Wildman–Crippen MR) is 125 cm³/mol. The minimum absolute atomic E-state index is 0.0616. The van der Waals surface area contributed by atoms with Gasteiger partial charge in [0.15, 0.2) is 15.0 Å². The number of H-pyrrole nitrogens is 1. The molecule has 8 heteroatoms. The lowest BCUT2D eigenvalue weighted by Crippen LogP contribution is -2.41. The maximum Gasteiger partial charge on any atom is 0.233 e. The van der Waals surface area contributed by atoms with Crippen LogP contribution in [0.25, 0.3) is 22.5 Å². The fraction of sp³-hybridized carbons (Fsp3) is 0.304. The second kappa shape index (κ2) is 9.28. The smallest absolute Gasteiger partial charge is 0.233 e. The Morgan fingerprint density at radius 1 is 1.10 bits per heavy atom. The number of nitrogens with one attached hydrogen (secondary N) is 1. The third kappa shape index (κ3) is 5.02. The van der Waals surface area contributed by atoms with Crippen LogP contribution in [0.3, 0.4) is 0 Å². The highest BCUT2D eigenvalue weighted by Crippen LogP contribution is 2.32. The molecule has 31 heavy (non-hydrogen) atoms. The highest BCUT2D eigenvalue weighted by Gasteiger charge is 2.33. The number of aromatic amines is 1. The first-order valence-electron chi connectivity index (χ1n) is 10.3. The molecule has 6 nitrogen and oxygen atoms in total. The Hall–Kier alpha value is -2.58. The summed E-state index contributed by atoms with van der Waals surface area (Å²) in [6.45, 7) is 2.39. The van der Waals surface area contributed by atoms with Crippen molar-refractivity contribution in [1.29, 1.82) is 0 Å². The molecule has 2 aromatic carbocycles. The molecule has 0 saturated carbocycles. The van der Waals surface area contributed by atoms with E-state index >= 15 is 0 Å².